The summed E-state index contributed by atoms with van der Waals surface area (Å²) in [5, 5.41) is 22.2. The molecule has 0 aromatic carbocycles. The predicted octanol–water partition coefficient (Wildman–Crippen LogP) is 2.32. The average Bonchev–Trinajstić information content (AvgIpc) is 2.79. The molecular formula is C15H31NO2. The van der Waals surface area contributed by atoms with Gasteiger partial charge in [-0.1, -0.05) is 39.5 Å². The molecule has 1 aliphatic rings. The molecule has 0 aromatic rings. The molecule has 3 N–H and O–H groups in total. The van der Waals surface area contributed by atoms with Crippen LogP contribution in [0.2, 0.25) is 0 Å². The SMILES string of the molecule is CC(C)(CCCO)CNCC(O)CC1CCCC1. The molecule has 0 spiro atoms. The molecule has 0 amide bonds. The molecule has 0 radical (unpaired) electrons. The second-order valence-corrected chi connectivity index (χ2v) is 6.66. The summed E-state index contributed by atoms with van der Waals surface area (Å²) in [6.07, 6.45) is 7.95. The maximum absolute atomic E-state index is 9.98. The number of hydrogen-bond donors (Lipinski definition) is 3. The molecule has 0 aromatic heterocycles. The minimum Gasteiger partial charge on any atom is -0.396 e. The Labute approximate surface area is 112 Å². The molecule has 1 fully saturated rings. The van der Waals surface area contributed by atoms with Gasteiger partial charge < -0.3 is 15.5 Å². The molecule has 0 heterocycles. The van der Waals surface area contributed by atoms with Crippen LogP contribution in [-0.4, -0.2) is 36.0 Å². The highest BCUT2D eigenvalue weighted by Crippen LogP contribution is 2.28. The third-order valence-corrected chi connectivity index (χ3v) is 4.08. The van der Waals surface area contributed by atoms with Crippen LogP contribution in [0.5, 0.6) is 0 Å². The molecule has 3 heteroatoms. The highest BCUT2D eigenvalue weighted by Gasteiger charge is 2.20. The van der Waals surface area contributed by atoms with Gasteiger partial charge >= 0.3 is 0 Å². The number of hydrogen-bond acceptors (Lipinski definition) is 3. The summed E-state index contributed by atoms with van der Waals surface area (Å²) in [5.74, 6) is 0.754. The van der Waals surface area contributed by atoms with Crippen LogP contribution < -0.4 is 5.32 Å². The molecule has 108 valence electrons. The van der Waals surface area contributed by atoms with Crippen molar-refractivity contribution in [3.63, 3.8) is 0 Å². The molecule has 1 atom stereocenters. The molecule has 0 saturated heterocycles. The van der Waals surface area contributed by atoms with E-state index >= 15 is 0 Å². The normalized spacial score (nSPS) is 19.3. The van der Waals surface area contributed by atoms with Crippen molar-refractivity contribution in [1.82, 2.24) is 5.32 Å². The van der Waals surface area contributed by atoms with Crippen LogP contribution >= 0.6 is 0 Å². The summed E-state index contributed by atoms with van der Waals surface area (Å²) >= 11 is 0. The highest BCUT2D eigenvalue weighted by atomic mass is 16.3. The fraction of sp³-hybridized carbons (Fsp3) is 1.00. The van der Waals surface area contributed by atoms with Crippen LogP contribution in [-0.2, 0) is 0 Å². The summed E-state index contributed by atoms with van der Waals surface area (Å²) in [7, 11) is 0. The zero-order valence-corrected chi connectivity index (χ0v) is 12.1. The van der Waals surface area contributed by atoms with Crippen LogP contribution in [0.25, 0.3) is 0 Å². The van der Waals surface area contributed by atoms with Crippen molar-refractivity contribution >= 4 is 0 Å². The second-order valence-electron chi connectivity index (χ2n) is 6.66. The Kier molecular flexibility index (Phi) is 7.20. The first kappa shape index (κ1) is 15.9. The molecule has 1 aliphatic carbocycles. The van der Waals surface area contributed by atoms with E-state index in [-0.39, 0.29) is 18.1 Å². The van der Waals surface area contributed by atoms with Gasteiger partial charge in [0, 0.05) is 19.7 Å². The Morgan fingerprint density at radius 1 is 1.28 bits per heavy atom. The molecule has 1 unspecified atom stereocenters. The fourth-order valence-corrected chi connectivity index (χ4v) is 2.94. The Hall–Kier alpha value is -0.120. The highest BCUT2D eigenvalue weighted by molar-refractivity contribution is 4.75. The van der Waals surface area contributed by atoms with Gasteiger partial charge in [0.1, 0.15) is 0 Å². The second kappa shape index (κ2) is 8.13. The average molecular weight is 257 g/mol. The van der Waals surface area contributed by atoms with Crippen molar-refractivity contribution in [3.05, 3.63) is 0 Å². The first-order valence-electron chi connectivity index (χ1n) is 7.53. The van der Waals surface area contributed by atoms with E-state index in [0.717, 1.165) is 31.7 Å². The number of aliphatic hydroxyl groups is 2. The minimum absolute atomic E-state index is 0.193. The lowest BCUT2D eigenvalue weighted by molar-refractivity contribution is 0.135. The molecule has 3 nitrogen and oxygen atoms in total. The van der Waals surface area contributed by atoms with Crippen LogP contribution in [0.15, 0.2) is 0 Å². The first-order chi connectivity index (χ1) is 8.53. The van der Waals surface area contributed by atoms with E-state index in [0.29, 0.717) is 6.54 Å². The van der Waals surface area contributed by atoms with Gasteiger partial charge in [-0.2, -0.15) is 0 Å². The Bertz CT molecular complexity index is 213. The van der Waals surface area contributed by atoms with Gasteiger partial charge in [-0.15, -0.1) is 0 Å². The Morgan fingerprint density at radius 2 is 1.94 bits per heavy atom. The van der Waals surface area contributed by atoms with E-state index in [9.17, 15) is 5.11 Å². The molecule has 1 rings (SSSR count). The maximum Gasteiger partial charge on any atom is 0.0667 e. The van der Waals surface area contributed by atoms with Gasteiger partial charge in [0.05, 0.1) is 6.10 Å². The summed E-state index contributed by atoms with van der Waals surface area (Å²) in [6.45, 7) is 6.31. The summed E-state index contributed by atoms with van der Waals surface area (Å²) in [5.41, 5.74) is 0.204. The molecule has 18 heavy (non-hydrogen) atoms. The summed E-state index contributed by atoms with van der Waals surface area (Å²) in [6, 6.07) is 0. The van der Waals surface area contributed by atoms with E-state index < -0.39 is 0 Å². The minimum atomic E-state index is -0.193. The largest absolute Gasteiger partial charge is 0.396 e. The van der Waals surface area contributed by atoms with Gasteiger partial charge in [0.25, 0.3) is 0 Å². The van der Waals surface area contributed by atoms with Gasteiger partial charge in [0.2, 0.25) is 0 Å². The van der Waals surface area contributed by atoms with E-state index in [1.54, 1.807) is 0 Å². The van der Waals surface area contributed by atoms with Crippen molar-refractivity contribution in [3.8, 4) is 0 Å². The fourth-order valence-electron chi connectivity index (χ4n) is 2.94. The number of rotatable bonds is 9. The van der Waals surface area contributed by atoms with Crippen molar-refractivity contribution in [1.29, 1.82) is 0 Å². The van der Waals surface area contributed by atoms with Crippen LogP contribution in [0.3, 0.4) is 0 Å². The van der Waals surface area contributed by atoms with Crippen molar-refractivity contribution < 1.29 is 10.2 Å². The van der Waals surface area contributed by atoms with Gasteiger partial charge in [-0.05, 0) is 30.6 Å². The lowest BCUT2D eigenvalue weighted by Gasteiger charge is -2.26. The Balaban J connectivity index is 2.08. The first-order valence-corrected chi connectivity index (χ1v) is 7.53. The maximum atomic E-state index is 9.98. The van der Waals surface area contributed by atoms with Crippen molar-refractivity contribution in [2.24, 2.45) is 11.3 Å². The third-order valence-electron chi connectivity index (χ3n) is 4.08. The van der Waals surface area contributed by atoms with Crippen LogP contribution in [0.1, 0.15) is 58.8 Å². The zero-order valence-electron chi connectivity index (χ0n) is 12.1. The molecule has 0 aliphatic heterocycles. The van der Waals surface area contributed by atoms with Crippen LogP contribution in [0, 0.1) is 11.3 Å². The monoisotopic (exact) mass is 257 g/mol. The zero-order chi connectivity index (χ0) is 13.4. The van der Waals surface area contributed by atoms with Crippen LogP contribution in [0.4, 0.5) is 0 Å². The summed E-state index contributed by atoms with van der Waals surface area (Å²) < 4.78 is 0. The quantitative estimate of drug-likeness (QED) is 0.594. The number of aliphatic hydroxyl groups excluding tert-OH is 2. The molecule has 1 saturated carbocycles. The topological polar surface area (TPSA) is 52.5 Å². The van der Waals surface area contributed by atoms with E-state index in [1.807, 2.05) is 0 Å². The third kappa shape index (κ3) is 6.72. The van der Waals surface area contributed by atoms with Crippen molar-refractivity contribution in [2.45, 2.75) is 64.9 Å². The Morgan fingerprint density at radius 3 is 2.56 bits per heavy atom. The lowest BCUT2D eigenvalue weighted by atomic mass is 9.88. The van der Waals surface area contributed by atoms with E-state index in [4.69, 9.17) is 5.11 Å². The lowest BCUT2D eigenvalue weighted by Crippen LogP contribution is -2.35. The van der Waals surface area contributed by atoms with Gasteiger partial charge in [0.15, 0.2) is 0 Å². The molecular weight excluding hydrogens is 226 g/mol. The van der Waals surface area contributed by atoms with Gasteiger partial charge in [-0.3, -0.25) is 0 Å². The standard InChI is InChI=1S/C15H31NO2/c1-15(2,8-5-9-17)12-16-11-14(18)10-13-6-3-4-7-13/h13-14,16-18H,3-12H2,1-2H3. The number of nitrogens with one attached hydrogen (secondary N) is 1. The van der Waals surface area contributed by atoms with E-state index in [1.165, 1.54) is 25.7 Å². The smallest absolute Gasteiger partial charge is 0.0667 e. The molecule has 0 bridgehead atoms. The van der Waals surface area contributed by atoms with Gasteiger partial charge in [-0.25, -0.2) is 0 Å². The van der Waals surface area contributed by atoms with Crippen molar-refractivity contribution in [2.75, 3.05) is 19.7 Å². The van der Waals surface area contributed by atoms with E-state index in [2.05, 4.69) is 19.2 Å². The predicted molar refractivity (Wildman–Crippen MR) is 75.6 cm³/mol. The summed E-state index contributed by atoms with van der Waals surface area (Å²) in [4.78, 5) is 0.